The van der Waals surface area contributed by atoms with Crippen LogP contribution < -0.4 is 5.32 Å². The molecule has 2 unspecified atom stereocenters. The van der Waals surface area contributed by atoms with Crippen LogP contribution in [0.3, 0.4) is 0 Å². The molecule has 0 radical (unpaired) electrons. The van der Waals surface area contributed by atoms with Gasteiger partial charge < -0.3 is 14.8 Å². The van der Waals surface area contributed by atoms with Gasteiger partial charge in [-0.05, 0) is 18.8 Å². The van der Waals surface area contributed by atoms with E-state index in [1.165, 1.54) is 6.42 Å². The molecule has 0 amide bonds. The quantitative estimate of drug-likeness (QED) is 0.804. The second-order valence-corrected chi connectivity index (χ2v) is 5.03. The van der Waals surface area contributed by atoms with Gasteiger partial charge >= 0.3 is 0 Å². The molecule has 1 aliphatic heterocycles. The molecular weight excluding hydrogens is 230 g/mol. The van der Waals surface area contributed by atoms with Crippen LogP contribution in [-0.2, 0) is 16.0 Å². The van der Waals surface area contributed by atoms with Crippen molar-refractivity contribution in [2.45, 2.75) is 32.4 Å². The molecule has 5 nitrogen and oxygen atoms in total. The molecule has 1 aliphatic rings. The van der Waals surface area contributed by atoms with Gasteiger partial charge in [0, 0.05) is 26.5 Å². The SMILES string of the molecule is COCC(C)CNc1cnn(CC2CCCO2)c1. The van der Waals surface area contributed by atoms with Crippen LogP contribution in [0.4, 0.5) is 5.69 Å². The van der Waals surface area contributed by atoms with Gasteiger partial charge in [0.25, 0.3) is 0 Å². The summed E-state index contributed by atoms with van der Waals surface area (Å²) in [4.78, 5) is 0. The fourth-order valence-corrected chi connectivity index (χ4v) is 2.19. The first-order valence-corrected chi connectivity index (χ1v) is 6.65. The number of hydrogen-bond donors (Lipinski definition) is 1. The van der Waals surface area contributed by atoms with Gasteiger partial charge in [0.1, 0.15) is 0 Å². The van der Waals surface area contributed by atoms with E-state index in [0.29, 0.717) is 12.0 Å². The smallest absolute Gasteiger partial charge is 0.0771 e. The Morgan fingerprint density at radius 3 is 3.28 bits per heavy atom. The molecular formula is C13H23N3O2. The number of nitrogens with one attached hydrogen (secondary N) is 1. The van der Waals surface area contributed by atoms with E-state index in [9.17, 15) is 0 Å². The summed E-state index contributed by atoms with van der Waals surface area (Å²) in [5.74, 6) is 0.497. The molecule has 0 aliphatic carbocycles. The highest BCUT2D eigenvalue weighted by Crippen LogP contribution is 2.15. The number of nitrogens with zero attached hydrogens (tertiary/aromatic N) is 2. The van der Waals surface area contributed by atoms with Crippen molar-refractivity contribution in [3.63, 3.8) is 0 Å². The van der Waals surface area contributed by atoms with Crippen molar-refractivity contribution in [1.29, 1.82) is 0 Å². The minimum Gasteiger partial charge on any atom is -0.384 e. The van der Waals surface area contributed by atoms with E-state index in [2.05, 4.69) is 17.3 Å². The Bertz CT molecular complexity index is 348. The molecule has 1 N–H and O–H groups in total. The van der Waals surface area contributed by atoms with Gasteiger partial charge in [0.05, 0.1) is 31.1 Å². The molecule has 1 fully saturated rings. The normalized spacial score (nSPS) is 21.1. The average Bonchev–Trinajstić information content (AvgIpc) is 2.99. The van der Waals surface area contributed by atoms with E-state index in [0.717, 1.165) is 38.4 Å². The predicted octanol–water partition coefficient (Wildman–Crippen LogP) is 1.76. The van der Waals surface area contributed by atoms with Gasteiger partial charge in [0.2, 0.25) is 0 Å². The summed E-state index contributed by atoms with van der Waals surface area (Å²) in [6.45, 7) is 5.59. The van der Waals surface area contributed by atoms with Gasteiger partial charge in [-0.15, -0.1) is 0 Å². The van der Waals surface area contributed by atoms with Crippen LogP contribution in [-0.4, -0.2) is 42.8 Å². The van der Waals surface area contributed by atoms with Crippen molar-refractivity contribution in [3.8, 4) is 0 Å². The van der Waals surface area contributed by atoms with E-state index in [1.54, 1.807) is 7.11 Å². The molecule has 5 heteroatoms. The third-order valence-electron chi connectivity index (χ3n) is 3.15. The topological polar surface area (TPSA) is 48.3 Å². The lowest BCUT2D eigenvalue weighted by Gasteiger charge is -2.11. The van der Waals surface area contributed by atoms with Crippen LogP contribution in [0.5, 0.6) is 0 Å². The van der Waals surface area contributed by atoms with E-state index in [-0.39, 0.29) is 0 Å². The number of methoxy groups -OCH3 is 1. The third-order valence-corrected chi connectivity index (χ3v) is 3.15. The summed E-state index contributed by atoms with van der Waals surface area (Å²) >= 11 is 0. The monoisotopic (exact) mass is 253 g/mol. The van der Waals surface area contributed by atoms with Gasteiger partial charge in [-0.25, -0.2) is 0 Å². The van der Waals surface area contributed by atoms with Crippen molar-refractivity contribution in [1.82, 2.24) is 9.78 Å². The number of rotatable bonds is 7. The number of ether oxygens (including phenoxy) is 2. The lowest BCUT2D eigenvalue weighted by atomic mass is 10.2. The lowest BCUT2D eigenvalue weighted by Crippen LogP contribution is -2.16. The molecule has 18 heavy (non-hydrogen) atoms. The van der Waals surface area contributed by atoms with Crippen LogP contribution >= 0.6 is 0 Å². The van der Waals surface area contributed by atoms with Crippen molar-refractivity contribution >= 4 is 5.69 Å². The van der Waals surface area contributed by atoms with E-state index >= 15 is 0 Å². The molecule has 0 bridgehead atoms. The highest BCUT2D eigenvalue weighted by Gasteiger charge is 2.16. The summed E-state index contributed by atoms with van der Waals surface area (Å²) in [6.07, 6.45) is 6.57. The summed E-state index contributed by atoms with van der Waals surface area (Å²) in [7, 11) is 1.73. The molecule has 1 aromatic rings. The van der Waals surface area contributed by atoms with Crippen molar-refractivity contribution in [3.05, 3.63) is 12.4 Å². The predicted molar refractivity (Wildman–Crippen MR) is 70.7 cm³/mol. The first-order valence-electron chi connectivity index (χ1n) is 6.65. The average molecular weight is 253 g/mol. The van der Waals surface area contributed by atoms with Gasteiger partial charge in [-0.1, -0.05) is 6.92 Å². The molecule has 2 atom stereocenters. The Morgan fingerprint density at radius 1 is 1.67 bits per heavy atom. The van der Waals surface area contributed by atoms with E-state index in [4.69, 9.17) is 9.47 Å². The van der Waals surface area contributed by atoms with Gasteiger partial charge in [-0.2, -0.15) is 5.10 Å². The first kappa shape index (κ1) is 13.4. The molecule has 1 aromatic heterocycles. The molecule has 2 heterocycles. The minimum absolute atomic E-state index is 0.338. The largest absolute Gasteiger partial charge is 0.384 e. The maximum atomic E-state index is 5.60. The zero-order valence-electron chi connectivity index (χ0n) is 11.3. The van der Waals surface area contributed by atoms with Crippen LogP contribution in [0, 0.1) is 5.92 Å². The highest BCUT2D eigenvalue weighted by molar-refractivity contribution is 5.38. The second-order valence-electron chi connectivity index (χ2n) is 5.03. The molecule has 0 saturated carbocycles. The second kappa shape index (κ2) is 6.75. The lowest BCUT2D eigenvalue weighted by molar-refractivity contribution is 0.0940. The van der Waals surface area contributed by atoms with Crippen molar-refractivity contribution < 1.29 is 9.47 Å². The van der Waals surface area contributed by atoms with Crippen molar-refractivity contribution in [2.75, 3.05) is 32.2 Å². The van der Waals surface area contributed by atoms with E-state index < -0.39 is 0 Å². The standard InChI is InChI=1S/C13H23N3O2/c1-11(10-17-2)6-14-12-7-15-16(8-12)9-13-4-3-5-18-13/h7-8,11,13-14H,3-6,9-10H2,1-2H3. The summed E-state index contributed by atoms with van der Waals surface area (Å²) < 4.78 is 12.7. The number of anilines is 1. The molecule has 0 spiro atoms. The molecule has 102 valence electrons. The fourth-order valence-electron chi connectivity index (χ4n) is 2.19. The van der Waals surface area contributed by atoms with Crippen LogP contribution in [0.2, 0.25) is 0 Å². The van der Waals surface area contributed by atoms with E-state index in [1.807, 2.05) is 17.1 Å². The Labute approximate surface area is 108 Å². The molecule has 1 saturated heterocycles. The zero-order valence-corrected chi connectivity index (χ0v) is 11.3. The minimum atomic E-state index is 0.338. The number of hydrogen-bond acceptors (Lipinski definition) is 4. The Morgan fingerprint density at radius 2 is 2.56 bits per heavy atom. The zero-order chi connectivity index (χ0) is 12.8. The van der Waals surface area contributed by atoms with Crippen molar-refractivity contribution in [2.24, 2.45) is 5.92 Å². The summed E-state index contributed by atoms with van der Waals surface area (Å²) in [5.41, 5.74) is 1.07. The summed E-state index contributed by atoms with van der Waals surface area (Å²) in [6, 6.07) is 0. The summed E-state index contributed by atoms with van der Waals surface area (Å²) in [5, 5.41) is 7.72. The highest BCUT2D eigenvalue weighted by atomic mass is 16.5. The van der Waals surface area contributed by atoms with Gasteiger partial charge in [0.15, 0.2) is 0 Å². The Hall–Kier alpha value is -1.07. The maximum Gasteiger partial charge on any atom is 0.0771 e. The maximum absolute atomic E-state index is 5.60. The first-order chi connectivity index (χ1) is 8.78. The van der Waals surface area contributed by atoms with Crippen LogP contribution in [0.1, 0.15) is 19.8 Å². The third kappa shape index (κ3) is 3.99. The van der Waals surface area contributed by atoms with Crippen LogP contribution in [0.25, 0.3) is 0 Å². The van der Waals surface area contributed by atoms with Crippen LogP contribution in [0.15, 0.2) is 12.4 Å². The molecule has 2 rings (SSSR count). The number of aromatic nitrogens is 2. The Balaban J connectivity index is 1.75. The molecule has 0 aromatic carbocycles. The Kier molecular flexibility index (Phi) is 5.01. The fraction of sp³-hybridized carbons (Fsp3) is 0.769. The van der Waals surface area contributed by atoms with Gasteiger partial charge in [-0.3, -0.25) is 4.68 Å².